The number of ether oxygens (including phenoxy) is 1. The first-order chi connectivity index (χ1) is 7.50. The minimum atomic E-state index is 0.0136. The second-order valence-corrected chi connectivity index (χ2v) is 5.24. The molecule has 0 aromatic carbocycles. The van der Waals surface area contributed by atoms with E-state index in [2.05, 4.69) is 39.9 Å². The van der Waals surface area contributed by atoms with E-state index in [1.54, 1.807) is 7.11 Å². The van der Waals surface area contributed by atoms with Gasteiger partial charge in [0.25, 0.3) is 0 Å². The van der Waals surface area contributed by atoms with E-state index in [1.807, 2.05) is 0 Å². The van der Waals surface area contributed by atoms with Crippen molar-refractivity contribution in [2.75, 3.05) is 13.7 Å². The van der Waals surface area contributed by atoms with E-state index in [-0.39, 0.29) is 5.60 Å². The van der Waals surface area contributed by atoms with E-state index in [0.29, 0.717) is 6.04 Å². The Hall–Kier alpha value is -0.0800. The van der Waals surface area contributed by atoms with Gasteiger partial charge in [0.15, 0.2) is 0 Å². The molecule has 1 unspecified atom stereocenters. The Bertz CT molecular complexity index is 164. The Labute approximate surface area is 102 Å². The van der Waals surface area contributed by atoms with Crippen molar-refractivity contribution < 1.29 is 4.74 Å². The molecule has 1 N–H and O–H groups in total. The van der Waals surface area contributed by atoms with Crippen LogP contribution in [0.15, 0.2) is 0 Å². The Balaban J connectivity index is 4.22. The highest BCUT2D eigenvalue weighted by Gasteiger charge is 2.22. The van der Waals surface area contributed by atoms with Gasteiger partial charge >= 0.3 is 0 Å². The molecule has 0 saturated heterocycles. The largest absolute Gasteiger partial charge is 0.379 e. The van der Waals surface area contributed by atoms with Crippen molar-refractivity contribution in [2.24, 2.45) is 5.92 Å². The fourth-order valence-electron chi connectivity index (χ4n) is 2.23. The van der Waals surface area contributed by atoms with Crippen LogP contribution < -0.4 is 5.32 Å². The van der Waals surface area contributed by atoms with Crippen molar-refractivity contribution in [1.29, 1.82) is 0 Å². The van der Waals surface area contributed by atoms with Gasteiger partial charge in [0.1, 0.15) is 0 Å². The molecule has 1 atom stereocenters. The summed E-state index contributed by atoms with van der Waals surface area (Å²) in [6.07, 6.45) is 4.86. The van der Waals surface area contributed by atoms with Gasteiger partial charge in [-0.25, -0.2) is 0 Å². The zero-order chi connectivity index (χ0) is 12.6. The zero-order valence-electron chi connectivity index (χ0n) is 12.1. The molecule has 0 aromatic rings. The lowest BCUT2D eigenvalue weighted by molar-refractivity contribution is 0.0101. The van der Waals surface area contributed by atoms with Crippen molar-refractivity contribution >= 4 is 0 Å². The van der Waals surface area contributed by atoms with Gasteiger partial charge in [-0.3, -0.25) is 0 Å². The normalized spacial score (nSPS) is 14.4. The molecule has 2 nitrogen and oxygen atoms in total. The van der Waals surface area contributed by atoms with Crippen LogP contribution in [0.5, 0.6) is 0 Å². The van der Waals surface area contributed by atoms with Crippen molar-refractivity contribution in [1.82, 2.24) is 5.32 Å². The van der Waals surface area contributed by atoms with E-state index in [4.69, 9.17) is 4.74 Å². The number of hydrogen-bond donors (Lipinski definition) is 1. The molecule has 16 heavy (non-hydrogen) atoms. The van der Waals surface area contributed by atoms with E-state index in [0.717, 1.165) is 18.9 Å². The molecule has 0 radical (unpaired) electrons. The SMILES string of the molecule is CCNC(CCC(C)(C)OC)C(CC)CC. The highest BCUT2D eigenvalue weighted by Crippen LogP contribution is 2.22. The van der Waals surface area contributed by atoms with Crippen LogP contribution in [0.4, 0.5) is 0 Å². The van der Waals surface area contributed by atoms with E-state index < -0.39 is 0 Å². The highest BCUT2D eigenvalue weighted by atomic mass is 16.5. The fraction of sp³-hybridized carbons (Fsp3) is 1.00. The lowest BCUT2D eigenvalue weighted by Crippen LogP contribution is -2.37. The standard InChI is InChI=1S/C14H31NO/c1-7-12(8-2)13(15-9-3)10-11-14(4,5)16-6/h12-13,15H,7-11H2,1-6H3. The minimum absolute atomic E-state index is 0.0136. The van der Waals surface area contributed by atoms with E-state index in [9.17, 15) is 0 Å². The molecule has 0 aliphatic carbocycles. The number of hydrogen-bond acceptors (Lipinski definition) is 2. The summed E-state index contributed by atoms with van der Waals surface area (Å²) >= 11 is 0. The average Bonchev–Trinajstić information content (AvgIpc) is 2.27. The molecule has 0 spiro atoms. The molecule has 0 heterocycles. The number of nitrogens with one attached hydrogen (secondary N) is 1. The molecular formula is C14H31NO. The number of rotatable bonds is 9. The van der Waals surface area contributed by atoms with Gasteiger partial charge in [0.2, 0.25) is 0 Å². The monoisotopic (exact) mass is 229 g/mol. The fourth-order valence-corrected chi connectivity index (χ4v) is 2.23. The van der Waals surface area contributed by atoms with Crippen LogP contribution >= 0.6 is 0 Å². The van der Waals surface area contributed by atoms with Crippen LogP contribution in [0.2, 0.25) is 0 Å². The minimum Gasteiger partial charge on any atom is -0.379 e. The quantitative estimate of drug-likeness (QED) is 0.652. The van der Waals surface area contributed by atoms with Gasteiger partial charge in [-0.15, -0.1) is 0 Å². The van der Waals surface area contributed by atoms with Gasteiger partial charge in [0, 0.05) is 13.2 Å². The van der Waals surface area contributed by atoms with Gasteiger partial charge in [0.05, 0.1) is 5.60 Å². The average molecular weight is 229 g/mol. The Morgan fingerprint density at radius 1 is 1.12 bits per heavy atom. The summed E-state index contributed by atoms with van der Waals surface area (Å²) < 4.78 is 5.49. The third kappa shape index (κ3) is 5.86. The van der Waals surface area contributed by atoms with E-state index >= 15 is 0 Å². The van der Waals surface area contributed by atoms with Gasteiger partial charge in [-0.2, -0.15) is 0 Å². The molecule has 0 rings (SSSR count). The van der Waals surface area contributed by atoms with Crippen molar-refractivity contribution in [3.63, 3.8) is 0 Å². The van der Waals surface area contributed by atoms with Crippen LogP contribution in [0.3, 0.4) is 0 Å². The second-order valence-electron chi connectivity index (χ2n) is 5.24. The first-order valence-electron chi connectivity index (χ1n) is 6.79. The number of methoxy groups -OCH3 is 1. The maximum absolute atomic E-state index is 5.49. The molecule has 0 bridgehead atoms. The predicted molar refractivity (Wildman–Crippen MR) is 71.9 cm³/mol. The Morgan fingerprint density at radius 2 is 1.69 bits per heavy atom. The third-order valence-electron chi connectivity index (χ3n) is 3.69. The second kappa shape index (κ2) is 8.08. The van der Waals surface area contributed by atoms with Crippen LogP contribution in [-0.4, -0.2) is 25.3 Å². The summed E-state index contributed by atoms with van der Waals surface area (Å²) in [4.78, 5) is 0. The van der Waals surface area contributed by atoms with E-state index in [1.165, 1.54) is 19.3 Å². The molecule has 0 aromatic heterocycles. The smallest absolute Gasteiger partial charge is 0.0623 e. The first-order valence-corrected chi connectivity index (χ1v) is 6.79. The van der Waals surface area contributed by atoms with Crippen molar-refractivity contribution in [3.8, 4) is 0 Å². The lowest BCUT2D eigenvalue weighted by Gasteiger charge is -2.30. The van der Waals surface area contributed by atoms with Crippen LogP contribution in [0, 0.1) is 5.92 Å². The maximum atomic E-state index is 5.49. The molecule has 2 heteroatoms. The zero-order valence-corrected chi connectivity index (χ0v) is 12.1. The van der Waals surface area contributed by atoms with Gasteiger partial charge in [-0.05, 0) is 39.2 Å². The van der Waals surface area contributed by atoms with Crippen molar-refractivity contribution in [2.45, 2.75) is 71.9 Å². The van der Waals surface area contributed by atoms with Crippen LogP contribution in [-0.2, 0) is 4.74 Å². The van der Waals surface area contributed by atoms with Gasteiger partial charge in [-0.1, -0.05) is 33.6 Å². The Kier molecular flexibility index (Phi) is 8.04. The van der Waals surface area contributed by atoms with Gasteiger partial charge < -0.3 is 10.1 Å². The Morgan fingerprint density at radius 3 is 2.06 bits per heavy atom. The van der Waals surface area contributed by atoms with Crippen LogP contribution in [0.1, 0.15) is 60.3 Å². The maximum Gasteiger partial charge on any atom is 0.0623 e. The molecular weight excluding hydrogens is 198 g/mol. The summed E-state index contributed by atoms with van der Waals surface area (Å²) in [5, 5.41) is 3.63. The molecule has 0 amide bonds. The van der Waals surface area contributed by atoms with Crippen molar-refractivity contribution in [3.05, 3.63) is 0 Å². The van der Waals surface area contributed by atoms with Crippen LogP contribution in [0.25, 0.3) is 0 Å². The summed E-state index contributed by atoms with van der Waals surface area (Å²) in [5.74, 6) is 0.799. The summed E-state index contributed by atoms with van der Waals surface area (Å²) in [5.41, 5.74) is 0.0136. The predicted octanol–water partition coefficient (Wildman–Crippen LogP) is 3.61. The summed E-state index contributed by atoms with van der Waals surface area (Å²) in [7, 11) is 1.80. The molecule has 0 aliphatic heterocycles. The molecule has 0 aliphatic rings. The first kappa shape index (κ1) is 15.9. The molecule has 0 saturated carbocycles. The highest BCUT2D eigenvalue weighted by molar-refractivity contribution is 4.78. The lowest BCUT2D eigenvalue weighted by atomic mass is 9.88. The topological polar surface area (TPSA) is 21.3 Å². The molecule has 98 valence electrons. The summed E-state index contributed by atoms with van der Waals surface area (Å²) in [6.45, 7) is 12.2. The summed E-state index contributed by atoms with van der Waals surface area (Å²) in [6, 6.07) is 0.648. The molecule has 0 fully saturated rings. The third-order valence-corrected chi connectivity index (χ3v) is 3.69.